The normalized spacial score (nSPS) is 11.4. The minimum atomic E-state index is -0.692. The molecule has 0 saturated heterocycles. The zero-order valence-electron chi connectivity index (χ0n) is 13.1. The van der Waals surface area contributed by atoms with E-state index in [1.54, 1.807) is 18.4 Å². The molecule has 124 valence electrons. The molecule has 0 radical (unpaired) electrons. The third kappa shape index (κ3) is 6.72. The van der Waals surface area contributed by atoms with Gasteiger partial charge < -0.3 is 14.8 Å². The fraction of sp³-hybridized carbons (Fsp3) is 0.375. The van der Waals surface area contributed by atoms with Crippen molar-refractivity contribution < 1.29 is 18.7 Å². The number of rotatable bonds is 9. The number of carbonyl (C=O) groups is 1. The largest absolute Gasteiger partial charge is 0.459 e. The second-order valence-electron chi connectivity index (χ2n) is 4.33. The van der Waals surface area contributed by atoms with E-state index in [-0.39, 0.29) is 18.0 Å². The van der Waals surface area contributed by atoms with E-state index < -0.39 is 5.97 Å². The van der Waals surface area contributed by atoms with Gasteiger partial charge in [-0.05, 0) is 30.9 Å². The first-order valence-electron chi connectivity index (χ1n) is 7.03. The van der Waals surface area contributed by atoms with Crippen LogP contribution in [0.2, 0.25) is 0 Å². The summed E-state index contributed by atoms with van der Waals surface area (Å²) < 4.78 is 22.9. The molecule has 0 unspecified atom stereocenters. The van der Waals surface area contributed by atoms with Crippen molar-refractivity contribution in [1.82, 2.24) is 5.32 Å². The summed E-state index contributed by atoms with van der Waals surface area (Å²) in [4.78, 5) is 11.9. The van der Waals surface area contributed by atoms with Crippen LogP contribution in [-0.2, 0) is 20.8 Å². The Hall–Kier alpha value is -2.04. The highest BCUT2D eigenvalue weighted by atomic mass is 32.2. The second kappa shape index (κ2) is 10.6. The van der Waals surface area contributed by atoms with Crippen LogP contribution in [0.5, 0.6) is 0 Å². The smallest absolute Gasteiger partial charge is 0.351 e. The van der Waals surface area contributed by atoms with E-state index in [9.17, 15) is 14.4 Å². The van der Waals surface area contributed by atoms with E-state index in [0.29, 0.717) is 24.8 Å². The minimum absolute atomic E-state index is 0.0869. The van der Waals surface area contributed by atoms with Crippen molar-refractivity contribution in [1.29, 1.82) is 5.26 Å². The van der Waals surface area contributed by atoms with Crippen molar-refractivity contribution >= 4 is 17.7 Å². The third-order valence-corrected chi connectivity index (χ3v) is 3.54. The fourth-order valence-corrected chi connectivity index (χ4v) is 2.20. The maximum absolute atomic E-state index is 12.9. The lowest BCUT2D eigenvalue weighted by Crippen LogP contribution is -2.18. The van der Waals surface area contributed by atoms with E-state index in [1.165, 1.54) is 23.9 Å². The van der Waals surface area contributed by atoms with Gasteiger partial charge in [-0.3, -0.25) is 0 Å². The van der Waals surface area contributed by atoms with E-state index in [2.05, 4.69) is 5.32 Å². The molecule has 1 rings (SSSR count). The molecule has 0 amide bonds. The number of ether oxygens (including phenoxy) is 2. The Kier molecular flexibility index (Phi) is 8.80. The molecule has 5 nitrogen and oxygen atoms in total. The van der Waals surface area contributed by atoms with E-state index >= 15 is 0 Å². The molecule has 0 aliphatic heterocycles. The van der Waals surface area contributed by atoms with E-state index in [1.807, 2.05) is 13.0 Å². The summed E-state index contributed by atoms with van der Waals surface area (Å²) in [5.41, 5.74) is 0.746. The zero-order chi connectivity index (χ0) is 17.1. The maximum atomic E-state index is 12.9. The van der Waals surface area contributed by atoms with Gasteiger partial charge in [0.2, 0.25) is 0 Å². The molecule has 0 aliphatic carbocycles. The average Bonchev–Trinajstić information content (AvgIpc) is 2.56. The molecule has 0 bridgehead atoms. The molecule has 0 spiro atoms. The summed E-state index contributed by atoms with van der Waals surface area (Å²) in [5.74, 6) is -1.01. The van der Waals surface area contributed by atoms with Crippen LogP contribution in [-0.4, -0.2) is 32.0 Å². The first-order valence-corrected chi connectivity index (χ1v) is 8.26. The van der Waals surface area contributed by atoms with Gasteiger partial charge in [0.25, 0.3) is 0 Å². The number of nitrogens with one attached hydrogen (secondary N) is 1. The van der Waals surface area contributed by atoms with Crippen LogP contribution in [0.3, 0.4) is 0 Å². The van der Waals surface area contributed by atoms with Crippen LogP contribution in [0.15, 0.2) is 34.9 Å². The van der Waals surface area contributed by atoms with Crippen LogP contribution in [0, 0.1) is 17.1 Å². The monoisotopic (exact) mass is 338 g/mol. The molecule has 0 aliphatic rings. The Labute approximate surface area is 139 Å². The van der Waals surface area contributed by atoms with Gasteiger partial charge in [-0.2, -0.15) is 5.26 Å². The number of hydrogen-bond acceptors (Lipinski definition) is 6. The number of thioether (sulfide) groups is 1. The molecule has 0 atom stereocenters. The molecular formula is C16H19FN2O3S. The summed E-state index contributed by atoms with van der Waals surface area (Å²) in [7, 11) is 0. The number of hydrogen-bond donors (Lipinski definition) is 1. The van der Waals surface area contributed by atoms with Crippen LogP contribution < -0.4 is 5.32 Å². The van der Waals surface area contributed by atoms with E-state index in [4.69, 9.17) is 9.47 Å². The van der Waals surface area contributed by atoms with Gasteiger partial charge in [-0.15, -0.1) is 11.8 Å². The van der Waals surface area contributed by atoms with Gasteiger partial charge >= 0.3 is 5.97 Å². The summed E-state index contributed by atoms with van der Waals surface area (Å²) in [6, 6.07) is 7.83. The lowest BCUT2D eigenvalue weighted by Gasteiger charge is -2.11. The summed E-state index contributed by atoms with van der Waals surface area (Å²) in [5, 5.41) is 12.6. The summed E-state index contributed by atoms with van der Waals surface area (Å²) in [6.07, 6.45) is 1.75. The second-order valence-corrected chi connectivity index (χ2v) is 5.15. The molecule has 1 aromatic rings. The van der Waals surface area contributed by atoms with Crippen LogP contribution in [0.4, 0.5) is 4.39 Å². The summed E-state index contributed by atoms with van der Waals surface area (Å²) in [6.45, 7) is 3.13. The van der Waals surface area contributed by atoms with Crippen molar-refractivity contribution in [2.45, 2.75) is 13.5 Å². The highest BCUT2D eigenvalue weighted by Crippen LogP contribution is 2.16. The first kappa shape index (κ1) is 19.0. The fourth-order valence-electron chi connectivity index (χ4n) is 1.65. The van der Waals surface area contributed by atoms with Crippen molar-refractivity contribution in [3.05, 3.63) is 46.2 Å². The highest BCUT2D eigenvalue weighted by molar-refractivity contribution is 8.02. The minimum Gasteiger partial charge on any atom is -0.459 e. The Bertz CT molecular complexity index is 582. The van der Waals surface area contributed by atoms with Gasteiger partial charge in [0.1, 0.15) is 18.5 Å². The first-order chi connectivity index (χ1) is 11.1. The molecule has 0 saturated carbocycles. The van der Waals surface area contributed by atoms with Crippen molar-refractivity contribution in [2.24, 2.45) is 0 Å². The maximum Gasteiger partial charge on any atom is 0.351 e. The van der Waals surface area contributed by atoms with Crippen LogP contribution >= 0.6 is 11.8 Å². The molecule has 1 N–H and O–H groups in total. The molecule has 1 aromatic carbocycles. The zero-order valence-corrected chi connectivity index (χ0v) is 13.9. The Balaban J connectivity index is 2.68. The molecule has 0 aromatic heterocycles. The van der Waals surface area contributed by atoms with Gasteiger partial charge in [-0.25, -0.2) is 9.18 Å². The number of halogens is 1. The van der Waals surface area contributed by atoms with Crippen molar-refractivity contribution in [3.8, 4) is 6.07 Å². The lowest BCUT2D eigenvalue weighted by atomic mass is 10.2. The van der Waals surface area contributed by atoms with Crippen molar-refractivity contribution in [2.75, 3.05) is 26.1 Å². The molecule has 23 heavy (non-hydrogen) atoms. The molecule has 0 fully saturated rings. The quantitative estimate of drug-likeness (QED) is 0.323. The number of nitrogens with zero attached hydrogens (tertiary/aromatic N) is 1. The van der Waals surface area contributed by atoms with Gasteiger partial charge in [-0.1, -0.05) is 12.1 Å². The molecule has 0 heterocycles. The number of nitriles is 1. The predicted octanol–water partition coefficient (Wildman–Crippen LogP) is 2.59. The van der Waals surface area contributed by atoms with Gasteiger partial charge in [0.15, 0.2) is 5.57 Å². The van der Waals surface area contributed by atoms with Crippen LogP contribution in [0.25, 0.3) is 0 Å². The predicted molar refractivity (Wildman–Crippen MR) is 86.8 cm³/mol. The number of benzene rings is 1. The Morgan fingerprint density at radius 2 is 2.04 bits per heavy atom. The molecular weight excluding hydrogens is 319 g/mol. The topological polar surface area (TPSA) is 71.3 Å². The standard InChI is InChI=1S/C16H19FN2O3S/c1-3-21-8-9-22-16(20)14(10-18)15(23-2)19-11-12-4-6-13(17)7-5-12/h4-7,19H,3,8-9,11H2,1-2H3/b15-14+. The Morgan fingerprint density at radius 3 is 2.61 bits per heavy atom. The number of esters is 1. The SMILES string of the molecule is CCOCCOC(=O)/C(C#N)=C(\NCc1ccc(F)cc1)SC. The van der Waals surface area contributed by atoms with Crippen molar-refractivity contribution in [3.63, 3.8) is 0 Å². The van der Waals surface area contributed by atoms with Gasteiger partial charge in [0, 0.05) is 13.2 Å². The Morgan fingerprint density at radius 1 is 1.35 bits per heavy atom. The van der Waals surface area contributed by atoms with Gasteiger partial charge in [0.05, 0.1) is 11.6 Å². The average molecular weight is 338 g/mol. The molecule has 7 heteroatoms. The highest BCUT2D eigenvalue weighted by Gasteiger charge is 2.16. The lowest BCUT2D eigenvalue weighted by molar-refractivity contribution is -0.140. The third-order valence-electron chi connectivity index (χ3n) is 2.78. The van der Waals surface area contributed by atoms with Crippen LogP contribution in [0.1, 0.15) is 12.5 Å². The van der Waals surface area contributed by atoms with E-state index in [0.717, 1.165) is 5.56 Å². The summed E-state index contributed by atoms with van der Waals surface area (Å²) >= 11 is 1.24. The number of carbonyl (C=O) groups excluding carboxylic acids is 1.